The molecule has 1 saturated heterocycles. The lowest BCUT2D eigenvalue weighted by Gasteiger charge is -2.25. The molecule has 3 nitrogen and oxygen atoms in total. The second-order valence-electron chi connectivity index (χ2n) is 6.46. The van der Waals surface area contributed by atoms with Crippen molar-refractivity contribution in [2.75, 3.05) is 10.7 Å². The predicted molar refractivity (Wildman–Crippen MR) is 107 cm³/mol. The lowest BCUT2D eigenvalue weighted by atomic mass is 10.1. The van der Waals surface area contributed by atoms with Gasteiger partial charge in [-0.25, -0.2) is 0 Å². The van der Waals surface area contributed by atoms with Crippen LogP contribution in [-0.2, 0) is 11.0 Å². The van der Waals surface area contributed by atoms with Crippen molar-refractivity contribution in [2.24, 2.45) is 0 Å². The van der Waals surface area contributed by atoms with Crippen LogP contribution in [0.3, 0.4) is 0 Å². The molecule has 0 aliphatic carbocycles. The number of anilines is 1. The number of hydrogen-bond donors (Lipinski definition) is 0. The van der Waals surface area contributed by atoms with Crippen molar-refractivity contribution in [2.45, 2.75) is 11.6 Å². The molecule has 4 rings (SSSR count). The van der Waals surface area contributed by atoms with Crippen molar-refractivity contribution in [3.8, 4) is 11.5 Å². The Morgan fingerprint density at radius 1 is 0.897 bits per heavy atom. The van der Waals surface area contributed by atoms with Crippen LogP contribution in [0, 0.1) is 0 Å². The number of rotatable bonds is 4. The van der Waals surface area contributed by atoms with Gasteiger partial charge in [0.1, 0.15) is 16.9 Å². The summed E-state index contributed by atoms with van der Waals surface area (Å²) in [6.07, 6.45) is -4.43. The second-order valence-corrected chi connectivity index (χ2v) is 7.53. The number of carbonyl (C=O) groups excluding carboxylic acids is 1. The molecule has 0 aromatic heterocycles. The number of benzene rings is 3. The summed E-state index contributed by atoms with van der Waals surface area (Å²) in [6, 6.07) is 21.4. The molecule has 0 bridgehead atoms. The van der Waals surface area contributed by atoms with E-state index in [9.17, 15) is 18.0 Å². The van der Waals surface area contributed by atoms with E-state index in [4.69, 9.17) is 4.74 Å². The van der Waals surface area contributed by atoms with Crippen molar-refractivity contribution < 1.29 is 22.7 Å². The number of halogens is 3. The van der Waals surface area contributed by atoms with E-state index in [1.54, 1.807) is 30.3 Å². The number of ether oxygens (including phenoxy) is 1. The van der Waals surface area contributed by atoms with Crippen LogP contribution in [0.2, 0.25) is 0 Å². The van der Waals surface area contributed by atoms with Gasteiger partial charge in [-0.05, 0) is 54.1 Å². The summed E-state index contributed by atoms with van der Waals surface area (Å²) >= 11 is 1.31. The maximum atomic E-state index is 13.1. The molecule has 148 valence electrons. The normalized spacial score (nSPS) is 16.9. The van der Waals surface area contributed by atoms with E-state index in [1.807, 2.05) is 30.3 Å². The van der Waals surface area contributed by atoms with Crippen LogP contribution in [-0.4, -0.2) is 11.7 Å². The van der Waals surface area contributed by atoms with Crippen LogP contribution >= 0.6 is 11.8 Å². The Morgan fingerprint density at radius 2 is 1.59 bits per heavy atom. The minimum atomic E-state index is -4.43. The van der Waals surface area contributed by atoms with Gasteiger partial charge in [-0.15, -0.1) is 11.8 Å². The minimum Gasteiger partial charge on any atom is -0.457 e. The first-order valence-electron chi connectivity index (χ1n) is 8.85. The molecule has 7 heteroatoms. The number of nitrogens with zero attached hydrogens (tertiary/aromatic N) is 1. The Bertz CT molecular complexity index is 1010. The van der Waals surface area contributed by atoms with E-state index in [0.29, 0.717) is 22.7 Å². The van der Waals surface area contributed by atoms with E-state index in [0.717, 1.165) is 12.1 Å². The quantitative estimate of drug-likeness (QED) is 0.503. The van der Waals surface area contributed by atoms with Gasteiger partial charge >= 0.3 is 6.18 Å². The third-order valence-corrected chi connectivity index (χ3v) is 5.67. The van der Waals surface area contributed by atoms with E-state index >= 15 is 0 Å². The molecule has 1 aliphatic heterocycles. The molecule has 0 radical (unpaired) electrons. The third kappa shape index (κ3) is 4.24. The van der Waals surface area contributed by atoms with Crippen molar-refractivity contribution in [1.29, 1.82) is 0 Å². The maximum absolute atomic E-state index is 13.1. The molecule has 0 N–H and O–H groups in total. The monoisotopic (exact) mass is 415 g/mol. The van der Waals surface area contributed by atoms with Gasteiger partial charge in [-0.1, -0.05) is 30.3 Å². The molecule has 1 aliphatic rings. The molecule has 3 aromatic carbocycles. The molecule has 1 amide bonds. The Balaban J connectivity index is 1.59. The van der Waals surface area contributed by atoms with Gasteiger partial charge in [0.05, 0.1) is 11.3 Å². The second kappa shape index (κ2) is 7.83. The topological polar surface area (TPSA) is 29.5 Å². The van der Waals surface area contributed by atoms with Crippen LogP contribution in [0.5, 0.6) is 11.5 Å². The Kier molecular flexibility index (Phi) is 5.24. The SMILES string of the molecule is O=C1CS[C@H](c2cccc(C(F)(F)F)c2)N1c1ccc(Oc2ccccc2)cc1. The van der Waals surface area contributed by atoms with Gasteiger partial charge < -0.3 is 4.74 Å². The summed E-state index contributed by atoms with van der Waals surface area (Å²) in [4.78, 5) is 14.0. The molecule has 3 aromatic rings. The number of thioether (sulfide) groups is 1. The number of para-hydroxylation sites is 1. The zero-order valence-electron chi connectivity index (χ0n) is 15.1. The maximum Gasteiger partial charge on any atom is 0.416 e. The van der Waals surface area contributed by atoms with E-state index < -0.39 is 17.1 Å². The van der Waals surface area contributed by atoms with Gasteiger partial charge in [0.25, 0.3) is 0 Å². The predicted octanol–water partition coefficient (Wildman–Crippen LogP) is 6.28. The molecule has 0 saturated carbocycles. The molecule has 1 atom stereocenters. The molecule has 1 fully saturated rings. The van der Waals surface area contributed by atoms with Gasteiger partial charge in [0.2, 0.25) is 5.91 Å². The van der Waals surface area contributed by atoms with Crippen molar-refractivity contribution in [3.05, 3.63) is 90.0 Å². The lowest BCUT2D eigenvalue weighted by Crippen LogP contribution is -2.27. The molecule has 29 heavy (non-hydrogen) atoms. The van der Waals surface area contributed by atoms with Crippen LogP contribution < -0.4 is 9.64 Å². The van der Waals surface area contributed by atoms with Gasteiger partial charge in [0, 0.05) is 5.69 Å². The first kappa shape index (κ1) is 19.4. The van der Waals surface area contributed by atoms with Crippen molar-refractivity contribution in [1.82, 2.24) is 0 Å². The smallest absolute Gasteiger partial charge is 0.416 e. The van der Waals surface area contributed by atoms with Crippen molar-refractivity contribution >= 4 is 23.4 Å². The number of amides is 1. The van der Waals surface area contributed by atoms with Crippen LogP contribution in [0.15, 0.2) is 78.9 Å². The minimum absolute atomic E-state index is 0.144. The molecular formula is C22H16F3NO2S. The van der Waals surface area contributed by atoms with Crippen LogP contribution in [0.25, 0.3) is 0 Å². The van der Waals surface area contributed by atoms with Gasteiger partial charge in [-0.3, -0.25) is 9.69 Å². The van der Waals surface area contributed by atoms with E-state index in [2.05, 4.69) is 0 Å². The van der Waals surface area contributed by atoms with Gasteiger partial charge in [0.15, 0.2) is 0 Å². The summed E-state index contributed by atoms with van der Waals surface area (Å²) in [7, 11) is 0. The fourth-order valence-corrected chi connectivity index (χ4v) is 4.28. The van der Waals surface area contributed by atoms with Crippen LogP contribution in [0.4, 0.5) is 18.9 Å². The fraction of sp³-hybridized carbons (Fsp3) is 0.136. The Morgan fingerprint density at radius 3 is 2.28 bits per heavy atom. The van der Waals surface area contributed by atoms with Crippen molar-refractivity contribution in [3.63, 3.8) is 0 Å². The molecule has 1 heterocycles. The summed E-state index contributed by atoms with van der Waals surface area (Å²) in [5, 5.41) is -0.509. The van der Waals surface area contributed by atoms with E-state index in [-0.39, 0.29) is 11.7 Å². The zero-order chi connectivity index (χ0) is 20.4. The Hall–Kier alpha value is -2.93. The lowest BCUT2D eigenvalue weighted by molar-refractivity contribution is -0.137. The Labute approximate surface area is 170 Å². The summed E-state index contributed by atoms with van der Waals surface area (Å²) in [5.74, 6) is 1.36. The third-order valence-electron chi connectivity index (χ3n) is 4.46. The van der Waals surface area contributed by atoms with Gasteiger partial charge in [-0.2, -0.15) is 13.2 Å². The molecule has 0 unspecified atom stereocenters. The first-order chi connectivity index (χ1) is 13.9. The largest absolute Gasteiger partial charge is 0.457 e. The summed E-state index contributed by atoms with van der Waals surface area (Å²) in [6.45, 7) is 0. The average Bonchev–Trinajstić information content (AvgIpc) is 3.10. The fourth-order valence-electron chi connectivity index (χ4n) is 3.12. The highest BCUT2D eigenvalue weighted by atomic mass is 32.2. The zero-order valence-corrected chi connectivity index (χ0v) is 15.9. The summed E-state index contributed by atoms with van der Waals surface area (Å²) < 4.78 is 45.0. The number of alkyl halides is 3. The number of hydrogen-bond acceptors (Lipinski definition) is 3. The van der Waals surface area contributed by atoms with E-state index in [1.165, 1.54) is 22.7 Å². The standard InChI is InChI=1S/C22H16F3NO2S/c23-22(24,25)16-6-4-5-15(13-16)21-26(20(27)14-29-21)17-9-11-19(12-10-17)28-18-7-2-1-3-8-18/h1-13,21H,14H2/t21-/m1/s1. The highest BCUT2D eigenvalue weighted by Gasteiger charge is 2.36. The molecule has 0 spiro atoms. The highest BCUT2D eigenvalue weighted by molar-refractivity contribution is 8.00. The molecular weight excluding hydrogens is 399 g/mol. The number of carbonyl (C=O) groups is 1. The summed E-state index contributed by atoms with van der Waals surface area (Å²) in [5.41, 5.74) is 0.338. The first-order valence-corrected chi connectivity index (χ1v) is 9.90. The van der Waals surface area contributed by atoms with Crippen LogP contribution in [0.1, 0.15) is 16.5 Å². The highest BCUT2D eigenvalue weighted by Crippen LogP contribution is 2.43. The average molecular weight is 415 g/mol.